The van der Waals surface area contributed by atoms with Crippen molar-refractivity contribution in [3.63, 3.8) is 0 Å². The van der Waals surface area contributed by atoms with Gasteiger partial charge in [-0.3, -0.25) is 15.0 Å². The molecule has 0 fully saturated rings. The molecule has 0 radical (unpaired) electrons. The van der Waals surface area contributed by atoms with E-state index < -0.39 is 4.92 Å². The van der Waals surface area contributed by atoms with Crippen molar-refractivity contribution in [3.05, 3.63) is 69.0 Å². The highest BCUT2D eigenvalue weighted by Gasteiger charge is 2.13. The van der Waals surface area contributed by atoms with Gasteiger partial charge in [0.15, 0.2) is 0 Å². The van der Waals surface area contributed by atoms with E-state index >= 15 is 0 Å². The highest BCUT2D eigenvalue weighted by Crippen LogP contribution is 2.23. The Morgan fingerprint density at radius 3 is 2.70 bits per heavy atom. The minimum Gasteiger partial charge on any atom is -0.497 e. The summed E-state index contributed by atoms with van der Waals surface area (Å²) in [5.41, 5.74) is 1.60. The van der Waals surface area contributed by atoms with E-state index in [-0.39, 0.29) is 16.4 Å². The Morgan fingerprint density at radius 1 is 1.30 bits per heavy atom. The first-order valence-corrected chi connectivity index (χ1v) is 8.51. The topological polar surface area (TPSA) is 86.6 Å². The average Bonchev–Trinajstić information content (AvgIpc) is 3.03. The molecule has 0 bridgehead atoms. The van der Waals surface area contributed by atoms with E-state index in [0.717, 1.165) is 11.3 Å². The zero-order valence-electron chi connectivity index (χ0n) is 14.9. The third-order valence-corrected chi connectivity index (χ3v) is 4.19. The van der Waals surface area contributed by atoms with Gasteiger partial charge in [0, 0.05) is 24.2 Å². The molecular formula is C18H18N4O4S. The molecule has 0 unspecified atom stereocenters. The number of nitro groups is 1. The Kier molecular flexibility index (Phi) is 5.63. The third kappa shape index (κ3) is 4.57. The lowest BCUT2D eigenvalue weighted by Gasteiger charge is -2.16. The number of rotatable bonds is 7. The Morgan fingerprint density at radius 2 is 2.04 bits per heavy atom. The zero-order valence-corrected chi connectivity index (χ0v) is 15.7. The van der Waals surface area contributed by atoms with Crippen molar-refractivity contribution in [1.29, 1.82) is 0 Å². The lowest BCUT2D eigenvalue weighted by atomic mass is 10.2. The van der Waals surface area contributed by atoms with Crippen LogP contribution in [-0.4, -0.2) is 33.8 Å². The minimum absolute atomic E-state index is 0.0280. The van der Waals surface area contributed by atoms with E-state index in [1.807, 2.05) is 36.2 Å². The summed E-state index contributed by atoms with van der Waals surface area (Å²) in [5.74, 6) is 1.06. The van der Waals surface area contributed by atoms with Gasteiger partial charge in [-0.25, -0.2) is 4.68 Å². The van der Waals surface area contributed by atoms with E-state index in [0.29, 0.717) is 18.8 Å². The molecule has 1 heterocycles. The molecule has 140 valence electrons. The molecule has 0 aliphatic rings. The van der Waals surface area contributed by atoms with E-state index in [1.165, 1.54) is 12.1 Å². The van der Waals surface area contributed by atoms with Crippen molar-refractivity contribution in [2.45, 2.75) is 13.2 Å². The molecule has 0 N–H and O–H groups in total. The van der Waals surface area contributed by atoms with Gasteiger partial charge < -0.3 is 9.15 Å². The van der Waals surface area contributed by atoms with Gasteiger partial charge in [-0.05, 0) is 43.0 Å². The first-order valence-electron chi connectivity index (χ1n) is 8.10. The molecular weight excluding hydrogens is 368 g/mol. The number of methoxy groups -OCH3 is 1. The number of hydrogen-bond acceptors (Lipinski definition) is 7. The Hall–Kier alpha value is -3.04. The fourth-order valence-corrected chi connectivity index (χ4v) is 2.76. The summed E-state index contributed by atoms with van der Waals surface area (Å²) in [7, 11) is 3.57. The molecule has 0 amide bonds. The van der Waals surface area contributed by atoms with Crippen LogP contribution < -0.4 is 4.74 Å². The fraction of sp³-hybridized carbons (Fsp3) is 0.222. The average molecular weight is 386 g/mol. The second kappa shape index (κ2) is 8.11. The molecule has 0 aliphatic carbocycles. The maximum Gasteiger partial charge on any atom is 0.288 e. The molecule has 2 aromatic carbocycles. The van der Waals surface area contributed by atoms with Crippen LogP contribution in [0.1, 0.15) is 5.56 Å². The third-order valence-electron chi connectivity index (χ3n) is 3.90. The highest BCUT2D eigenvalue weighted by atomic mass is 32.1. The quantitative estimate of drug-likeness (QED) is 0.346. The van der Waals surface area contributed by atoms with Gasteiger partial charge in [-0.2, -0.15) is 0 Å². The minimum atomic E-state index is -0.461. The van der Waals surface area contributed by atoms with Crippen LogP contribution >= 0.6 is 12.2 Å². The lowest BCUT2D eigenvalue weighted by Crippen LogP contribution is -2.22. The first-order chi connectivity index (χ1) is 13.0. The highest BCUT2D eigenvalue weighted by molar-refractivity contribution is 7.71. The second-order valence-corrected chi connectivity index (χ2v) is 6.33. The smallest absolute Gasteiger partial charge is 0.288 e. The Labute approximate surface area is 160 Å². The van der Waals surface area contributed by atoms with E-state index in [2.05, 4.69) is 5.10 Å². The number of nitro benzene ring substituents is 1. The Balaban J connectivity index is 1.73. The van der Waals surface area contributed by atoms with Crippen molar-refractivity contribution in [3.8, 4) is 17.2 Å². The van der Waals surface area contributed by atoms with Crippen LogP contribution in [-0.2, 0) is 13.2 Å². The summed E-state index contributed by atoms with van der Waals surface area (Å²) >= 11 is 5.23. The summed E-state index contributed by atoms with van der Waals surface area (Å²) in [6.45, 7) is 1.11. The van der Waals surface area contributed by atoms with Gasteiger partial charge in [0.2, 0.25) is 5.89 Å². The van der Waals surface area contributed by atoms with Gasteiger partial charge in [-0.15, -0.1) is 5.10 Å². The molecule has 3 rings (SSSR count). The molecule has 1 aromatic heterocycles. The molecule has 0 saturated heterocycles. The SMILES string of the molecule is COc1ccc(CN(C)Cn2nc(-c3cccc([N+](=O)[O-])c3)oc2=S)cc1. The standard InChI is InChI=1S/C18H18N4O4S/c1-20(11-13-6-8-16(25-2)9-7-13)12-21-18(27)26-17(19-21)14-4-3-5-15(10-14)22(23)24/h3-10H,11-12H2,1-2H3. The molecule has 0 saturated carbocycles. The van der Waals surface area contributed by atoms with Gasteiger partial charge in [-0.1, -0.05) is 18.2 Å². The summed E-state index contributed by atoms with van der Waals surface area (Å²) in [6.07, 6.45) is 0. The molecule has 0 atom stereocenters. The predicted octanol–water partition coefficient (Wildman–Crippen LogP) is 3.88. The Bertz CT molecular complexity index is 997. The van der Waals surface area contributed by atoms with Gasteiger partial charge in [0.05, 0.1) is 18.7 Å². The van der Waals surface area contributed by atoms with Crippen LogP contribution in [0.5, 0.6) is 5.75 Å². The van der Waals surface area contributed by atoms with Crippen molar-refractivity contribution in [1.82, 2.24) is 14.7 Å². The summed E-state index contributed by atoms with van der Waals surface area (Å²) < 4.78 is 12.2. The van der Waals surface area contributed by atoms with Crippen LogP contribution in [0.25, 0.3) is 11.5 Å². The van der Waals surface area contributed by atoms with E-state index in [4.69, 9.17) is 21.4 Å². The van der Waals surface area contributed by atoms with Gasteiger partial charge >= 0.3 is 0 Å². The number of hydrogen-bond donors (Lipinski definition) is 0. The second-order valence-electron chi connectivity index (χ2n) is 5.98. The summed E-state index contributed by atoms with van der Waals surface area (Å²) in [6, 6.07) is 13.9. The largest absolute Gasteiger partial charge is 0.497 e. The number of aromatic nitrogens is 2. The maximum absolute atomic E-state index is 10.9. The first kappa shape index (κ1) is 18.7. The molecule has 27 heavy (non-hydrogen) atoms. The molecule has 9 heteroatoms. The molecule has 3 aromatic rings. The zero-order chi connectivity index (χ0) is 19.4. The van der Waals surface area contributed by atoms with Crippen molar-refractivity contribution in [2.75, 3.05) is 14.2 Å². The number of benzene rings is 2. The number of ether oxygens (including phenoxy) is 1. The van der Waals surface area contributed by atoms with Crippen LogP contribution in [0, 0.1) is 15.0 Å². The van der Waals surface area contributed by atoms with Crippen molar-refractivity contribution in [2.24, 2.45) is 0 Å². The van der Waals surface area contributed by atoms with Crippen LogP contribution in [0.4, 0.5) is 5.69 Å². The van der Waals surface area contributed by atoms with E-state index in [1.54, 1.807) is 23.9 Å². The molecule has 8 nitrogen and oxygen atoms in total. The summed E-state index contributed by atoms with van der Waals surface area (Å²) in [4.78, 5) is 12.7. The van der Waals surface area contributed by atoms with Crippen LogP contribution in [0.15, 0.2) is 52.9 Å². The molecule has 0 spiro atoms. The lowest BCUT2D eigenvalue weighted by molar-refractivity contribution is -0.384. The number of non-ortho nitro benzene ring substituents is 1. The fourth-order valence-electron chi connectivity index (χ4n) is 2.59. The van der Waals surface area contributed by atoms with Crippen LogP contribution in [0.2, 0.25) is 0 Å². The van der Waals surface area contributed by atoms with Crippen LogP contribution in [0.3, 0.4) is 0 Å². The maximum atomic E-state index is 10.9. The molecule has 0 aliphatic heterocycles. The predicted molar refractivity (Wildman–Crippen MR) is 102 cm³/mol. The summed E-state index contributed by atoms with van der Waals surface area (Å²) in [5, 5.41) is 15.3. The number of nitrogens with zero attached hydrogens (tertiary/aromatic N) is 4. The van der Waals surface area contributed by atoms with E-state index in [9.17, 15) is 10.1 Å². The van der Waals surface area contributed by atoms with Gasteiger partial charge in [0.1, 0.15) is 5.75 Å². The monoisotopic (exact) mass is 386 g/mol. The van der Waals surface area contributed by atoms with Gasteiger partial charge in [0.25, 0.3) is 10.5 Å². The normalized spacial score (nSPS) is 10.9. The van der Waals surface area contributed by atoms with Crippen molar-refractivity contribution >= 4 is 17.9 Å². The van der Waals surface area contributed by atoms with Crippen molar-refractivity contribution < 1.29 is 14.1 Å².